The molecule has 35 heavy (non-hydrogen) atoms. The number of likely N-dealkylation sites (tertiary alicyclic amines) is 1. The Bertz CT molecular complexity index is 1260. The molecular formula is C25H29N7O3. The van der Waals surface area contributed by atoms with Crippen molar-refractivity contribution < 1.29 is 14.3 Å². The lowest BCUT2D eigenvalue weighted by molar-refractivity contribution is -0.125. The van der Waals surface area contributed by atoms with Crippen molar-refractivity contribution in [3.8, 4) is 23.3 Å². The molecule has 0 radical (unpaired) electrons. The number of aromatic amines is 1. The predicted molar refractivity (Wildman–Crippen MR) is 133 cm³/mol. The molecule has 2 N–H and O–H groups in total. The number of aromatic nitrogens is 4. The van der Waals surface area contributed by atoms with Crippen molar-refractivity contribution in [3.05, 3.63) is 48.6 Å². The van der Waals surface area contributed by atoms with Gasteiger partial charge in [0.1, 0.15) is 24.4 Å². The van der Waals surface area contributed by atoms with E-state index in [1.807, 2.05) is 48.2 Å². The molecule has 1 amide bonds. The molecule has 0 saturated carbocycles. The van der Waals surface area contributed by atoms with Crippen molar-refractivity contribution >= 4 is 22.9 Å². The molecule has 1 aliphatic rings. The highest BCUT2D eigenvalue weighted by Gasteiger charge is 2.26. The van der Waals surface area contributed by atoms with E-state index in [4.69, 9.17) is 9.47 Å². The molecule has 3 heterocycles. The fourth-order valence-electron chi connectivity index (χ4n) is 3.66. The number of anilines is 1. The van der Waals surface area contributed by atoms with E-state index >= 15 is 0 Å². The quantitative estimate of drug-likeness (QED) is 0.376. The third kappa shape index (κ3) is 6.49. The van der Waals surface area contributed by atoms with Gasteiger partial charge >= 0.3 is 0 Å². The van der Waals surface area contributed by atoms with Crippen LogP contribution < -0.4 is 14.8 Å². The monoisotopic (exact) mass is 475 g/mol. The molecule has 1 aliphatic heterocycles. The molecule has 1 aromatic carbocycles. The van der Waals surface area contributed by atoms with Crippen molar-refractivity contribution in [2.45, 2.75) is 12.5 Å². The van der Waals surface area contributed by atoms with E-state index in [2.05, 4.69) is 37.1 Å². The van der Waals surface area contributed by atoms with Gasteiger partial charge < -0.3 is 29.6 Å². The molecular weight excluding hydrogens is 446 g/mol. The van der Waals surface area contributed by atoms with Crippen LogP contribution in [-0.2, 0) is 4.79 Å². The van der Waals surface area contributed by atoms with E-state index in [9.17, 15) is 4.79 Å². The second-order valence-corrected chi connectivity index (χ2v) is 8.35. The van der Waals surface area contributed by atoms with Crippen LogP contribution in [0.5, 0.6) is 11.5 Å². The van der Waals surface area contributed by atoms with Crippen LogP contribution in [0.4, 0.5) is 5.82 Å². The fourth-order valence-corrected chi connectivity index (χ4v) is 3.66. The lowest BCUT2D eigenvalue weighted by Gasteiger charge is -2.16. The largest absolute Gasteiger partial charge is 0.497 e. The Labute approximate surface area is 204 Å². The van der Waals surface area contributed by atoms with Gasteiger partial charge in [0.2, 0.25) is 5.91 Å². The summed E-state index contributed by atoms with van der Waals surface area (Å²) in [6.07, 6.45) is 5.83. The summed E-state index contributed by atoms with van der Waals surface area (Å²) in [7, 11) is 5.55. The van der Waals surface area contributed by atoms with Gasteiger partial charge in [-0.3, -0.25) is 4.79 Å². The van der Waals surface area contributed by atoms with E-state index in [1.165, 1.54) is 6.33 Å². The molecule has 1 unspecified atom stereocenters. The SMILES string of the molecule is COc1cccc(OCC#Cc2nc3c(NC4CCN(C(=O)/C=C/CN(C)C)C4)ncnc3[nH]2)c1. The summed E-state index contributed by atoms with van der Waals surface area (Å²) in [4.78, 5) is 32.5. The van der Waals surface area contributed by atoms with Crippen molar-refractivity contribution in [3.63, 3.8) is 0 Å². The number of nitrogens with one attached hydrogen (secondary N) is 2. The number of imidazole rings is 1. The van der Waals surface area contributed by atoms with Gasteiger partial charge in [0.05, 0.1) is 7.11 Å². The van der Waals surface area contributed by atoms with Gasteiger partial charge in [0, 0.05) is 37.8 Å². The van der Waals surface area contributed by atoms with Crippen LogP contribution >= 0.6 is 0 Å². The third-order valence-corrected chi connectivity index (χ3v) is 5.41. The molecule has 10 heteroatoms. The van der Waals surface area contributed by atoms with Gasteiger partial charge in [-0.1, -0.05) is 18.1 Å². The smallest absolute Gasteiger partial charge is 0.246 e. The van der Waals surface area contributed by atoms with Crippen molar-refractivity contribution in [2.24, 2.45) is 0 Å². The number of hydrogen-bond donors (Lipinski definition) is 2. The molecule has 10 nitrogen and oxygen atoms in total. The van der Waals surface area contributed by atoms with Gasteiger partial charge in [-0.05, 0) is 38.6 Å². The van der Waals surface area contributed by atoms with E-state index in [-0.39, 0.29) is 18.6 Å². The van der Waals surface area contributed by atoms with Gasteiger partial charge in [-0.2, -0.15) is 0 Å². The first-order valence-corrected chi connectivity index (χ1v) is 11.3. The molecule has 2 aromatic heterocycles. The standard InChI is InChI=1S/C25H29N7O3/c1-31(2)12-5-10-22(33)32-13-11-18(16-32)28-24-23-25(27-17-26-24)30-21(29-23)9-6-14-35-20-8-4-7-19(15-20)34-3/h4-5,7-8,10,15,17-18H,11-14,16H2,1-3H3,(H2,26,27,28,29,30)/b10-5+. The van der Waals surface area contributed by atoms with Crippen molar-refractivity contribution in [1.82, 2.24) is 29.7 Å². The summed E-state index contributed by atoms with van der Waals surface area (Å²) in [5.41, 5.74) is 1.21. The summed E-state index contributed by atoms with van der Waals surface area (Å²) >= 11 is 0. The second kappa shape index (κ2) is 11.4. The number of carbonyl (C=O) groups is 1. The molecule has 0 bridgehead atoms. The number of benzene rings is 1. The first-order chi connectivity index (χ1) is 17.0. The minimum absolute atomic E-state index is 0.0254. The van der Waals surface area contributed by atoms with Gasteiger partial charge in [-0.15, -0.1) is 0 Å². The molecule has 0 aliphatic carbocycles. The van der Waals surface area contributed by atoms with Crippen LogP contribution in [0.15, 0.2) is 42.7 Å². The first-order valence-electron chi connectivity index (χ1n) is 11.3. The summed E-state index contributed by atoms with van der Waals surface area (Å²) in [6, 6.07) is 7.44. The zero-order valence-electron chi connectivity index (χ0n) is 20.1. The number of rotatable bonds is 8. The molecule has 182 valence electrons. The number of nitrogens with zero attached hydrogens (tertiary/aromatic N) is 5. The van der Waals surface area contributed by atoms with Crippen LogP contribution in [-0.4, -0.2) is 89.1 Å². The Morgan fingerprint density at radius 3 is 3.03 bits per heavy atom. The Morgan fingerprint density at radius 1 is 1.34 bits per heavy atom. The number of methoxy groups -OCH3 is 1. The molecule has 1 saturated heterocycles. The van der Waals surface area contributed by atoms with Crippen molar-refractivity contribution in [2.75, 3.05) is 52.8 Å². The number of hydrogen-bond acceptors (Lipinski definition) is 8. The molecule has 4 rings (SSSR count). The maximum absolute atomic E-state index is 12.4. The van der Waals surface area contributed by atoms with Crippen LogP contribution in [0.1, 0.15) is 12.2 Å². The van der Waals surface area contributed by atoms with E-state index in [0.29, 0.717) is 41.6 Å². The predicted octanol–water partition coefficient (Wildman–Crippen LogP) is 1.92. The Morgan fingerprint density at radius 2 is 2.20 bits per heavy atom. The maximum Gasteiger partial charge on any atom is 0.246 e. The minimum atomic E-state index is 0.0254. The Balaban J connectivity index is 1.36. The summed E-state index contributed by atoms with van der Waals surface area (Å²) in [5.74, 6) is 8.45. The summed E-state index contributed by atoms with van der Waals surface area (Å²) in [6.45, 7) is 2.24. The van der Waals surface area contributed by atoms with Crippen molar-refractivity contribution in [1.29, 1.82) is 0 Å². The third-order valence-electron chi connectivity index (χ3n) is 5.41. The first kappa shape index (κ1) is 24.0. The highest BCUT2D eigenvalue weighted by atomic mass is 16.5. The second-order valence-electron chi connectivity index (χ2n) is 8.35. The topological polar surface area (TPSA) is 108 Å². The lowest BCUT2D eigenvalue weighted by atomic mass is 10.2. The highest BCUT2D eigenvalue weighted by Crippen LogP contribution is 2.21. The van der Waals surface area contributed by atoms with E-state index < -0.39 is 0 Å². The number of amides is 1. The average molecular weight is 476 g/mol. The zero-order chi connectivity index (χ0) is 24.6. The van der Waals surface area contributed by atoms with Crippen LogP contribution in [0.2, 0.25) is 0 Å². The number of fused-ring (bicyclic) bond motifs is 1. The Hall–Kier alpha value is -4.10. The molecule has 0 spiro atoms. The molecule has 1 fully saturated rings. The fraction of sp³-hybridized carbons (Fsp3) is 0.360. The lowest BCUT2D eigenvalue weighted by Crippen LogP contribution is -2.30. The van der Waals surface area contributed by atoms with Gasteiger partial charge in [-0.25, -0.2) is 15.0 Å². The highest BCUT2D eigenvalue weighted by molar-refractivity contribution is 5.88. The summed E-state index contributed by atoms with van der Waals surface area (Å²) in [5, 5.41) is 3.41. The van der Waals surface area contributed by atoms with Gasteiger partial charge in [0.15, 0.2) is 22.8 Å². The van der Waals surface area contributed by atoms with Crippen LogP contribution in [0, 0.1) is 11.8 Å². The number of H-pyrrole nitrogens is 1. The average Bonchev–Trinajstić information content (AvgIpc) is 3.49. The maximum atomic E-state index is 12.4. The number of ether oxygens (including phenoxy) is 2. The normalized spacial score (nSPS) is 15.4. The number of likely N-dealkylation sites (N-methyl/N-ethyl adjacent to an activating group) is 1. The van der Waals surface area contributed by atoms with E-state index in [1.54, 1.807) is 19.3 Å². The zero-order valence-corrected chi connectivity index (χ0v) is 20.1. The molecule has 1 atom stereocenters. The van der Waals surface area contributed by atoms with Crippen LogP contribution in [0.3, 0.4) is 0 Å². The summed E-state index contributed by atoms with van der Waals surface area (Å²) < 4.78 is 10.8. The molecule has 3 aromatic rings. The minimum Gasteiger partial charge on any atom is -0.497 e. The van der Waals surface area contributed by atoms with Crippen LogP contribution in [0.25, 0.3) is 11.2 Å². The Kier molecular flexibility index (Phi) is 7.80. The van der Waals surface area contributed by atoms with Gasteiger partial charge in [0.25, 0.3) is 0 Å². The number of carbonyl (C=O) groups excluding carboxylic acids is 1. The van der Waals surface area contributed by atoms with E-state index in [0.717, 1.165) is 18.7 Å².